The Morgan fingerprint density at radius 1 is 1.00 bits per heavy atom. The second-order valence-corrected chi connectivity index (χ2v) is 5.48. The average molecular weight is 312 g/mol. The molecule has 80 valence electrons. The van der Waals surface area contributed by atoms with E-state index in [2.05, 4.69) is 0 Å². The summed E-state index contributed by atoms with van der Waals surface area (Å²) in [7, 11) is 0. The SMILES string of the molecule is CC1=C(C)C(C)(C(F)(F)I)C(C)=C1C. The lowest BCUT2D eigenvalue weighted by molar-refractivity contribution is 0.0363. The molecule has 14 heavy (non-hydrogen) atoms. The molecule has 1 aliphatic carbocycles. The Labute approximate surface area is 97.6 Å². The molecule has 0 atom stereocenters. The van der Waals surface area contributed by atoms with Crippen molar-refractivity contribution in [1.29, 1.82) is 0 Å². The first-order valence-electron chi connectivity index (χ1n) is 4.57. The highest BCUT2D eigenvalue weighted by atomic mass is 127. The van der Waals surface area contributed by atoms with Crippen LogP contribution in [0.15, 0.2) is 22.3 Å². The highest BCUT2D eigenvalue weighted by Gasteiger charge is 2.53. The molecule has 0 heterocycles. The Morgan fingerprint density at radius 2 is 1.29 bits per heavy atom. The van der Waals surface area contributed by atoms with Gasteiger partial charge in [-0.25, -0.2) is 0 Å². The van der Waals surface area contributed by atoms with Gasteiger partial charge in [-0.1, -0.05) is 11.1 Å². The Morgan fingerprint density at radius 3 is 1.43 bits per heavy atom. The Bertz CT molecular complexity index is 308. The largest absolute Gasteiger partial charge is 0.309 e. The fourth-order valence-electron chi connectivity index (χ4n) is 2.02. The van der Waals surface area contributed by atoms with Crippen molar-refractivity contribution in [1.82, 2.24) is 0 Å². The van der Waals surface area contributed by atoms with Crippen LogP contribution in [0, 0.1) is 5.41 Å². The fraction of sp³-hybridized carbons (Fsp3) is 0.636. The van der Waals surface area contributed by atoms with Gasteiger partial charge in [0.1, 0.15) is 0 Å². The number of rotatable bonds is 1. The van der Waals surface area contributed by atoms with Gasteiger partial charge in [0, 0.05) is 0 Å². The van der Waals surface area contributed by atoms with Gasteiger partial charge in [-0.3, -0.25) is 0 Å². The van der Waals surface area contributed by atoms with Crippen molar-refractivity contribution >= 4 is 22.6 Å². The third-order valence-corrected chi connectivity index (χ3v) is 4.83. The van der Waals surface area contributed by atoms with E-state index >= 15 is 0 Å². The highest BCUT2D eigenvalue weighted by Crippen LogP contribution is 2.57. The van der Waals surface area contributed by atoms with Crippen LogP contribution in [0.3, 0.4) is 0 Å². The summed E-state index contributed by atoms with van der Waals surface area (Å²) in [5, 5.41) is 0. The van der Waals surface area contributed by atoms with Gasteiger partial charge in [0.2, 0.25) is 0 Å². The van der Waals surface area contributed by atoms with Crippen LogP contribution in [0.1, 0.15) is 34.6 Å². The molecule has 0 nitrogen and oxygen atoms in total. The number of halogens is 3. The Hall–Kier alpha value is 0.0700. The van der Waals surface area contributed by atoms with E-state index in [4.69, 9.17) is 0 Å². The van der Waals surface area contributed by atoms with Crippen molar-refractivity contribution in [2.24, 2.45) is 5.41 Å². The molecule has 3 heteroatoms. The third-order valence-electron chi connectivity index (χ3n) is 3.75. The third kappa shape index (κ3) is 1.35. The minimum Gasteiger partial charge on any atom is -0.194 e. The molecule has 0 bridgehead atoms. The molecule has 0 spiro atoms. The van der Waals surface area contributed by atoms with Crippen LogP contribution in [0.2, 0.25) is 0 Å². The second-order valence-electron chi connectivity index (χ2n) is 4.12. The van der Waals surface area contributed by atoms with Crippen LogP contribution in [0.25, 0.3) is 0 Å². The normalized spacial score (nSPS) is 22.3. The zero-order chi connectivity index (χ0) is 11.3. The highest BCUT2D eigenvalue weighted by molar-refractivity contribution is 14.1. The summed E-state index contributed by atoms with van der Waals surface area (Å²) in [4.78, 5) is 0. The van der Waals surface area contributed by atoms with Gasteiger partial charge in [0.05, 0.1) is 5.41 Å². The molecule has 0 aromatic carbocycles. The topological polar surface area (TPSA) is 0 Å². The molecule has 0 aromatic heterocycles. The van der Waals surface area contributed by atoms with E-state index in [0.29, 0.717) is 0 Å². The number of allylic oxidation sites excluding steroid dienone is 4. The monoisotopic (exact) mass is 312 g/mol. The maximum atomic E-state index is 13.6. The Balaban J connectivity index is 3.42. The van der Waals surface area contributed by atoms with Crippen molar-refractivity contribution in [3.05, 3.63) is 22.3 Å². The minimum absolute atomic E-state index is 0.798. The van der Waals surface area contributed by atoms with Crippen molar-refractivity contribution in [2.45, 2.75) is 38.5 Å². The molecule has 0 saturated heterocycles. The number of hydrogen-bond donors (Lipinski definition) is 0. The summed E-state index contributed by atoms with van der Waals surface area (Å²) in [6.07, 6.45) is 0. The van der Waals surface area contributed by atoms with Crippen LogP contribution >= 0.6 is 22.6 Å². The van der Waals surface area contributed by atoms with Crippen LogP contribution < -0.4 is 0 Å². The van der Waals surface area contributed by atoms with Crippen LogP contribution in [0.5, 0.6) is 0 Å². The first-order chi connectivity index (χ1) is 6.14. The zero-order valence-electron chi connectivity index (χ0n) is 9.13. The van der Waals surface area contributed by atoms with Gasteiger partial charge >= 0.3 is 3.93 Å². The van der Waals surface area contributed by atoms with E-state index in [1.807, 2.05) is 27.7 Å². The molecule has 0 aliphatic heterocycles. The first-order valence-corrected chi connectivity index (χ1v) is 5.65. The van der Waals surface area contributed by atoms with Crippen LogP contribution in [-0.4, -0.2) is 3.93 Å². The lowest BCUT2D eigenvalue weighted by Gasteiger charge is -2.33. The molecule has 0 fully saturated rings. The summed E-state index contributed by atoms with van der Waals surface area (Å²) in [5.41, 5.74) is 2.53. The number of hydrogen-bond acceptors (Lipinski definition) is 0. The van der Waals surface area contributed by atoms with Gasteiger partial charge in [-0.15, -0.1) is 0 Å². The standard InChI is InChI=1S/C11H15F2I/c1-6-7(2)9(4)10(5,8(6)3)11(12,13)14/h1-5H3. The van der Waals surface area contributed by atoms with E-state index in [-0.39, 0.29) is 0 Å². The van der Waals surface area contributed by atoms with Gasteiger partial charge in [-0.2, -0.15) is 8.78 Å². The number of alkyl halides is 3. The smallest absolute Gasteiger partial charge is 0.194 e. The van der Waals surface area contributed by atoms with Gasteiger partial charge in [0.25, 0.3) is 0 Å². The predicted octanol–water partition coefficient (Wildman–Crippen LogP) is 4.71. The van der Waals surface area contributed by atoms with E-state index in [0.717, 1.165) is 22.3 Å². The van der Waals surface area contributed by atoms with Crippen LogP contribution in [-0.2, 0) is 0 Å². The minimum atomic E-state index is -2.72. The molecule has 1 rings (SSSR count). The predicted molar refractivity (Wildman–Crippen MR) is 63.8 cm³/mol. The molecule has 0 unspecified atom stereocenters. The molecular formula is C11H15F2I. The summed E-state index contributed by atoms with van der Waals surface area (Å²) < 4.78 is 24.4. The first kappa shape index (κ1) is 12.1. The van der Waals surface area contributed by atoms with Crippen molar-refractivity contribution in [3.8, 4) is 0 Å². The van der Waals surface area contributed by atoms with E-state index in [1.165, 1.54) is 22.6 Å². The Kier molecular flexibility index (Phi) is 2.85. The lowest BCUT2D eigenvalue weighted by atomic mass is 9.80. The zero-order valence-corrected chi connectivity index (χ0v) is 11.3. The second kappa shape index (κ2) is 3.29. The quantitative estimate of drug-likeness (QED) is 0.486. The molecule has 0 amide bonds. The van der Waals surface area contributed by atoms with E-state index < -0.39 is 9.34 Å². The fourth-order valence-corrected chi connectivity index (χ4v) is 2.83. The van der Waals surface area contributed by atoms with E-state index in [9.17, 15) is 8.78 Å². The summed E-state index contributed by atoms with van der Waals surface area (Å²) in [6.45, 7) is 9.08. The van der Waals surface area contributed by atoms with Crippen molar-refractivity contribution < 1.29 is 8.78 Å². The molecule has 0 N–H and O–H groups in total. The van der Waals surface area contributed by atoms with Gasteiger partial charge in [0.15, 0.2) is 0 Å². The maximum Gasteiger partial charge on any atom is 0.309 e. The summed E-state index contributed by atoms with van der Waals surface area (Å²) in [6, 6.07) is 0. The maximum absolute atomic E-state index is 13.6. The van der Waals surface area contributed by atoms with Crippen LogP contribution in [0.4, 0.5) is 8.78 Å². The van der Waals surface area contributed by atoms with Gasteiger partial charge in [-0.05, 0) is 68.4 Å². The molecular weight excluding hydrogens is 297 g/mol. The van der Waals surface area contributed by atoms with Crippen molar-refractivity contribution in [2.75, 3.05) is 0 Å². The average Bonchev–Trinajstić information content (AvgIpc) is 2.21. The lowest BCUT2D eigenvalue weighted by Crippen LogP contribution is -2.34. The molecule has 0 radical (unpaired) electrons. The van der Waals surface area contributed by atoms with Crippen molar-refractivity contribution in [3.63, 3.8) is 0 Å². The summed E-state index contributed by atoms with van der Waals surface area (Å²) in [5.74, 6) is 0. The molecule has 0 saturated carbocycles. The molecule has 1 aliphatic rings. The van der Waals surface area contributed by atoms with Gasteiger partial charge < -0.3 is 0 Å². The van der Waals surface area contributed by atoms with E-state index in [1.54, 1.807) is 6.92 Å². The summed E-state index contributed by atoms with van der Waals surface area (Å²) >= 11 is 1.24. The molecule has 0 aromatic rings.